The Hall–Kier alpha value is -5.95. The van der Waals surface area contributed by atoms with Crippen molar-refractivity contribution >= 4 is 65.4 Å². The predicted molar refractivity (Wildman–Crippen MR) is 175 cm³/mol. The standard InChI is InChI=1S/C32H20N4O10S3/c33-17-21-5-1-19(2-6-21)9-11-31(37)35-25-15-27-23(13-29(25)48(41,42)43)24-14-30(49(44,45)46)26(16-28(24)47(27,39)40)36-32(38)12-10-20-3-7-22(18-34)8-4-20/h1-16H,(H,35,37)(H,36,38)(H,41,42,43)(H,44,45,46)/b11-9+,12-10+. The van der Waals surface area contributed by atoms with E-state index < -0.39 is 72.8 Å². The van der Waals surface area contributed by atoms with Gasteiger partial charge in [0, 0.05) is 23.3 Å². The van der Waals surface area contributed by atoms with Crippen molar-refractivity contribution in [2.75, 3.05) is 10.6 Å². The molecule has 1 heterocycles. The van der Waals surface area contributed by atoms with Crippen LogP contribution in [-0.4, -0.2) is 46.2 Å². The van der Waals surface area contributed by atoms with Crippen molar-refractivity contribution in [3.63, 3.8) is 0 Å². The van der Waals surface area contributed by atoms with Crippen LogP contribution in [0.5, 0.6) is 0 Å². The van der Waals surface area contributed by atoms with Crippen LogP contribution in [-0.2, 0) is 39.7 Å². The summed E-state index contributed by atoms with van der Waals surface area (Å²) in [4.78, 5) is 22.4. The lowest BCUT2D eigenvalue weighted by Crippen LogP contribution is -2.13. The van der Waals surface area contributed by atoms with E-state index in [4.69, 9.17) is 10.5 Å². The third kappa shape index (κ3) is 7.31. The number of anilines is 2. The Morgan fingerprint density at radius 3 is 1.29 bits per heavy atom. The minimum Gasteiger partial charge on any atom is -0.321 e. The second-order valence-corrected chi connectivity index (χ2v) is 14.9. The first kappa shape index (κ1) is 34.4. The number of nitrogens with zero attached hydrogens (tertiary/aromatic N) is 2. The largest absolute Gasteiger partial charge is 0.321 e. The van der Waals surface area contributed by atoms with Crippen molar-refractivity contribution in [2.24, 2.45) is 0 Å². The second-order valence-electron chi connectivity index (χ2n) is 10.3. The van der Waals surface area contributed by atoms with Crippen molar-refractivity contribution in [2.45, 2.75) is 19.6 Å². The zero-order chi connectivity index (χ0) is 35.7. The van der Waals surface area contributed by atoms with E-state index in [9.17, 15) is 43.9 Å². The van der Waals surface area contributed by atoms with Crippen LogP contribution in [0.2, 0.25) is 0 Å². The molecule has 0 unspecified atom stereocenters. The molecule has 0 radical (unpaired) electrons. The van der Waals surface area contributed by atoms with Gasteiger partial charge in [-0.1, -0.05) is 24.3 Å². The molecule has 0 aromatic heterocycles. The summed E-state index contributed by atoms with van der Waals surface area (Å²) in [7, 11) is -14.8. The number of nitrogens with one attached hydrogen (secondary N) is 2. The molecular weight excluding hydrogens is 697 g/mol. The summed E-state index contributed by atoms with van der Waals surface area (Å²) in [6.45, 7) is 0. The van der Waals surface area contributed by atoms with Gasteiger partial charge in [-0.25, -0.2) is 8.42 Å². The molecule has 1 aliphatic heterocycles. The lowest BCUT2D eigenvalue weighted by molar-refractivity contribution is -0.112. The Balaban J connectivity index is 1.53. The fourth-order valence-electron chi connectivity index (χ4n) is 4.76. The summed E-state index contributed by atoms with van der Waals surface area (Å²) in [5.74, 6) is -1.84. The summed E-state index contributed by atoms with van der Waals surface area (Å²) in [5.41, 5.74) is -0.262. The Morgan fingerprint density at radius 2 is 0.980 bits per heavy atom. The van der Waals surface area contributed by atoms with Gasteiger partial charge in [-0.3, -0.25) is 18.7 Å². The normalized spacial score (nSPS) is 13.3. The molecule has 246 valence electrons. The maximum Gasteiger partial charge on any atom is 0.296 e. The monoisotopic (exact) mass is 716 g/mol. The molecule has 5 rings (SSSR count). The van der Waals surface area contributed by atoms with Crippen molar-refractivity contribution in [1.82, 2.24) is 0 Å². The molecule has 1 aliphatic rings. The van der Waals surface area contributed by atoms with Crippen molar-refractivity contribution in [3.05, 3.63) is 107 Å². The number of fused-ring (bicyclic) bond motifs is 3. The van der Waals surface area contributed by atoms with Gasteiger partial charge >= 0.3 is 0 Å². The highest BCUT2D eigenvalue weighted by Gasteiger charge is 2.38. The Kier molecular flexibility index (Phi) is 9.07. The van der Waals surface area contributed by atoms with Gasteiger partial charge in [-0.2, -0.15) is 27.4 Å². The number of amides is 2. The molecule has 0 atom stereocenters. The van der Waals surface area contributed by atoms with Crippen LogP contribution in [0.3, 0.4) is 0 Å². The van der Waals surface area contributed by atoms with Crippen LogP contribution in [0.15, 0.2) is 105 Å². The van der Waals surface area contributed by atoms with E-state index in [0.29, 0.717) is 22.3 Å². The highest BCUT2D eigenvalue weighted by Crippen LogP contribution is 2.48. The molecule has 0 spiro atoms. The van der Waals surface area contributed by atoms with Gasteiger partial charge in [0.05, 0.1) is 44.4 Å². The van der Waals surface area contributed by atoms with Gasteiger partial charge in [-0.15, -0.1) is 0 Å². The smallest absolute Gasteiger partial charge is 0.296 e. The number of benzene rings is 4. The van der Waals surface area contributed by atoms with Gasteiger partial charge in [0.1, 0.15) is 9.79 Å². The van der Waals surface area contributed by atoms with Crippen LogP contribution >= 0.6 is 0 Å². The number of nitriles is 2. The van der Waals surface area contributed by atoms with Crippen LogP contribution in [0, 0.1) is 22.7 Å². The molecule has 0 saturated heterocycles. The van der Waals surface area contributed by atoms with Crippen molar-refractivity contribution < 1.29 is 43.9 Å². The van der Waals surface area contributed by atoms with E-state index in [1.54, 1.807) is 0 Å². The van der Waals surface area contributed by atoms with E-state index in [2.05, 4.69) is 10.6 Å². The molecule has 2 amide bonds. The molecule has 49 heavy (non-hydrogen) atoms. The molecule has 0 fully saturated rings. The summed E-state index contributed by atoms with van der Waals surface area (Å²) in [6, 6.07) is 19.0. The molecule has 4 aromatic carbocycles. The average molecular weight is 717 g/mol. The molecule has 0 saturated carbocycles. The predicted octanol–water partition coefficient (Wildman–Crippen LogP) is 4.04. The maximum absolute atomic E-state index is 13.7. The SMILES string of the molecule is N#Cc1ccc(/C=C/C(=O)Nc2cc3c(cc2S(=O)(=O)O)-c2cc(S(=O)(=O)O)c(NC(=O)/C=C/c4ccc(C#N)cc4)cc2S3(=O)=O)cc1. The Labute approximate surface area is 279 Å². The van der Waals surface area contributed by atoms with E-state index in [-0.39, 0.29) is 11.1 Å². The lowest BCUT2D eigenvalue weighted by Gasteiger charge is -2.12. The van der Waals surface area contributed by atoms with E-state index in [0.717, 1.165) is 36.4 Å². The van der Waals surface area contributed by atoms with Crippen LogP contribution in [0.1, 0.15) is 22.3 Å². The van der Waals surface area contributed by atoms with E-state index in [1.807, 2.05) is 12.1 Å². The zero-order valence-corrected chi connectivity index (χ0v) is 27.0. The van der Waals surface area contributed by atoms with Crippen LogP contribution in [0.4, 0.5) is 11.4 Å². The minimum atomic E-state index is -5.12. The molecular formula is C32H20N4O10S3. The number of rotatable bonds is 8. The molecule has 4 aromatic rings. The first-order chi connectivity index (χ1) is 23.0. The molecule has 17 heteroatoms. The summed E-state index contributed by atoms with van der Waals surface area (Å²) in [6.07, 6.45) is 4.65. The first-order valence-corrected chi connectivity index (χ1v) is 17.9. The fraction of sp³-hybridized carbons (Fsp3) is 0. The highest BCUT2D eigenvalue weighted by atomic mass is 32.2. The van der Waals surface area contributed by atoms with E-state index in [1.165, 1.54) is 60.7 Å². The number of carbonyl (C=O) groups is 2. The lowest BCUT2D eigenvalue weighted by atomic mass is 10.0. The minimum absolute atomic E-state index is 0.370. The Bertz CT molecular complexity index is 2370. The molecule has 0 bridgehead atoms. The second kappa shape index (κ2) is 12.9. The maximum atomic E-state index is 13.7. The van der Waals surface area contributed by atoms with E-state index >= 15 is 0 Å². The molecule has 14 nitrogen and oxygen atoms in total. The highest BCUT2D eigenvalue weighted by molar-refractivity contribution is 7.92. The van der Waals surface area contributed by atoms with Crippen molar-refractivity contribution in [1.29, 1.82) is 10.5 Å². The fourth-order valence-corrected chi connectivity index (χ4v) is 7.77. The third-order valence-electron chi connectivity index (χ3n) is 7.04. The molecule has 4 N–H and O–H groups in total. The van der Waals surface area contributed by atoms with Crippen LogP contribution in [0.25, 0.3) is 23.3 Å². The topological polar surface area (TPSA) is 249 Å². The van der Waals surface area contributed by atoms with Crippen LogP contribution < -0.4 is 10.6 Å². The quantitative estimate of drug-likeness (QED) is 0.131. The zero-order valence-electron chi connectivity index (χ0n) is 24.5. The number of carbonyl (C=O) groups excluding carboxylic acids is 2. The summed E-state index contributed by atoms with van der Waals surface area (Å²) >= 11 is 0. The number of sulfone groups is 1. The van der Waals surface area contributed by atoms with Gasteiger partial charge in [0.2, 0.25) is 21.7 Å². The summed E-state index contributed by atoms with van der Waals surface area (Å²) in [5, 5.41) is 22.3. The number of hydrogen-bond donors (Lipinski definition) is 4. The average Bonchev–Trinajstić information content (AvgIpc) is 3.26. The van der Waals surface area contributed by atoms with Gasteiger partial charge in [0.25, 0.3) is 20.2 Å². The van der Waals surface area contributed by atoms with Gasteiger partial charge in [-0.05, 0) is 71.8 Å². The van der Waals surface area contributed by atoms with Gasteiger partial charge < -0.3 is 10.6 Å². The number of hydrogen-bond acceptors (Lipinski definition) is 10. The van der Waals surface area contributed by atoms with Crippen molar-refractivity contribution in [3.8, 4) is 23.3 Å². The van der Waals surface area contributed by atoms with Gasteiger partial charge in [0.15, 0.2) is 0 Å². The molecule has 0 aliphatic carbocycles. The third-order valence-corrected chi connectivity index (χ3v) is 10.7. The summed E-state index contributed by atoms with van der Waals surface area (Å²) < 4.78 is 96.7. The first-order valence-electron chi connectivity index (χ1n) is 13.6. The Morgan fingerprint density at radius 1 is 0.633 bits per heavy atom.